The average Bonchev–Trinajstić information content (AvgIpc) is 2.48. The van der Waals surface area contributed by atoms with E-state index in [0.717, 1.165) is 16.5 Å². The van der Waals surface area contributed by atoms with Crippen molar-refractivity contribution in [1.82, 2.24) is 15.0 Å². The summed E-state index contributed by atoms with van der Waals surface area (Å²) in [6.45, 7) is 4.52. The summed E-state index contributed by atoms with van der Waals surface area (Å²) in [5.41, 5.74) is 0.987. The van der Waals surface area contributed by atoms with Crippen molar-refractivity contribution in [3.8, 4) is 17.8 Å². The molecule has 1 aromatic heterocycles. The van der Waals surface area contributed by atoms with Gasteiger partial charge in [-0.2, -0.15) is 9.97 Å². The molecule has 0 saturated heterocycles. The lowest BCUT2D eigenvalue weighted by Gasteiger charge is -2.10. The Hall–Kier alpha value is -1.89. The number of rotatable bonds is 6. The zero-order valence-electron chi connectivity index (χ0n) is 12.2. The Bertz CT molecular complexity index is 622. The Kier molecular flexibility index (Phi) is 5.32. The Morgan fingerprint density at radius 2 is 1.95 bits per heavy atom. The van der Waals surface area contributed by atoms with Gasteiger partial charge in [0.1, 0.15) is 5.75 Å². The fourth-order valence-corrected chi connectivity index (χ4v) is 1.88. The number of nitrogens with zero attached hydrogens (tertiary/aromatic N) is 3. The van der Waals surface area contributed by atoms with E-state index in [1.54, 1.807) is 7.05 Å². The van der Waals surface area contributed by atoms with Crippen molar-refractivity contribution in [3.63, 3.8) is 0 Å². The molecule has 1 N–H and O–H groups in total. The van der Waals surface area contributed by atoms with E-state index in [1.165, 1.54) is 0 Å². The summed E-state index contributed by atoms with van der Waals surface area (Å²) >= 11 is 3.42. The predicted octanol–water partition coefficient (Wildman–Crippen LogP) is 3.57. The van der Waals surface area contributed by atoms with Gasteiger partial charge in [0.25, 0.3) is 0 Å². The van der Waals surface area contributed by atoms with E-state index >= 15 is 0 Å². The minimum Gasteiger partial charge on any atom is -0.463 e. The highest BCUT2D eigenvalue weighted by atomic mass is 79.9. The summed E-state index contributed by atoms with van der Waals surface area (Å²) in [5.74, 6) is 1.08. The van der Waals surface area contributed by atoms with Crippen LogP contribution in [0.4, 0.5) is 5.95 Å². The smallest absolute Gasteiger partial charge is 0.330 e. The molecule has 0 aliphatic carbocycles. The molecule has 0 amide bonds. The van der Waals surface area contributed by atoms with Gasteiger partial charge in [0, 0.05) is 11.5 Å². The molecule has 0 unspecified atom stereocenters. The summed E-state index contributed by atoms with van der Waals surface area (Å²) in [7, 11) is 1.73. The summed E-state index contributed by atoms with van der Waals surface area (Å²) in [6, 6.07) is 6.21. The lowest BCUT2D eigenvalue weighted by molar-refractivity contribution is 0.285. The fraction of sp³-hybridized carbons (Fsp3) is 0.357. The average molecular weight is 353 g/mol. The molecule has 6 nitrogen and oxygen atoms in total. The Morgan fingerprint density at radius 3 is 2.67 bits per heavy atom. The predicted molar refractivity (Wildman–Crippen MR) is 84.1 cm³/mol. The SMILES string of the molecule is CCCOc1nc(NC)nc(Oc2cc(Br)ccc2C)n1. The van der Waals surface area contributed by atoms with Crippen LogP contribution in [-0.4, -0.2) is 28.6 Å². The number of hydrogen-bond donors (Lipinski definition) is 1. The molecule has 0 atom stereocenters. The number of hydrogen-bond acceptors (Lipinski definition) is 6. The molecule has 0 bridgehead atoms. The zero-order valence-corrected chi connectivity index (χ0v) is 13.8. The van der Waals surface area contributed by atoms with E-state index < -0.39 is 0 Å². The maximum absolute atomic E-state index is 5.74. The highest BCUT2D eigenvalue weighted by Crippen LogP contribution is 2.27. The molecule has 1 heterocycles. The van der Waals surface area contributed by atoms with Crippen molar-refractivity contribution in [3.05, 3.63) is 28.2 Å². The van der Waals surface area contributed by atoms with Crippen molar-refractivity contribution in [2.75, 3.05) is 19.0 Å². The van der Waals surface area contributed by atoms with Gasteiger partial charge in [-0.15, -0.1) is 4.98 Å². The molecule has 1 aromatic carbocycles. The largest absolute Gasteiger partial charge is 0.463 e. The number of aromatic nitrogens is 3. The minimum atomic E-state index is 0.196. The first kappa shape index (κ1) is 15.5. The highest BCUT2D eigenvalue weighted by Gasteiger charge is 2.10. The van der Waals surface area contributed by atoms with Crippen LogP contribution >= 0.6 is 15.9 Å². The monoisotopic (exact) mass is 352 g/mol. The van der Waals surface area contributed by atoms with Crippen LogP contribution < -0.4 is 14.8 Å². The van der Waals surface area contributed by atoms with Gasteiger partial charge in [-0.05, 0) is 31.0 Å². The first-order valence-electron chi connectivity index (χ1n) is 6.63. The van der Waals surface area contributed by atoms with Crippen LogP contribution in [-0.2, 0) is 0 Å². The zero-order chi connectivity index (χ0) is 15.2. The third kappa shape index (κ3) is 4.29. The summed E-state index contributed by atoms with van der Waals surface area (Å²) in [6.07, 6.45) is 0.876. The van der Waals surface area contributed by atoms with E-state index in [4.69, 9.17) is 9.47 Å². The molecule has 0 aliphatic heterocycles. The standard InChI is InChI=1S/C14H17BrN4O2/c1-4-7-20-13-17-12(16-3)18-14(19-13)21-11-8-10(15)6-5-9(11)2/h5-6,8H,4,7H2,1-3H3,(H,16,17,18,19). The first-order chi connectivity index (χ1) is 10.1. The quantitative estimate of drug-likeness (QED) is 0.856. The van der Waals surface area contributed by atoms with E-state index in [0.29, 0.717) is 18.3 Å². The molecule has 0 fully saturated rings. The second-order valence-electron chi connectivity index (χ2n) is 4.33. The van der Waals surface area contributed by atoms with Crippen LogP contribution in [0.25, 0.3) is 0 Å². The van der Waals surface area contributed by atoms with E-state index in [-0.39, 0.29) is 12.0 Å². The molecule has 2 rings (SSSR count). The van der Waals surface area contributed by atoms with Gasteiger partial charge in [-0.25, -0.2) is 0 Å². The van der Waals surface area contributed by atoms with Crippen LogP contribution in [0.15, 0.2) is 22.7 Å². The van der Waals surface area contributed by atoms with Crippen molar-refractivity contribution < 1.29 is 9.47 Å². The van der Waals surface area contributed by atoms with E-state index in [1.807, 2.05) is 32.0 Å². The maximum Gasteiger partial charge on any atom is 0.330 e. The van der Waals surface area contributed by atoms with Gasteiger partial charge in [-0.1, -0.05) is 28.9 Å². The van der Waals surface area contributed by atoms with Crippen LogP contribution in [0.5, 0.6) is 17.8 Å². The molecule has 21 heavy (non-hydrogen) atoms. The lowest BCUT2D eigenvalue weighted by atomic mass is 10.2. The van der Waals surface area contributed by atoms with Crippen LogP contribution in [0.1, 0.15) is 18.9 Å². The van der Waals surface area contributed by atoms with Gasteiger partial charge in [0.05, 0.1) is 6.61 Å². The van der Waals surface area contributed by atoms with Crippen LogP contribution in [0.3, 0.4) is 0 Å². The van der Waals surface area contributed by atoms with Crippen LogP contribution in [0, 0.1) is 6.92 Å². The molecule has 0 saturated carbocycles. The van der Waals surface area contributed by atoms with Crippen molar-refractivity contribution in [1.29, 1.82) is 0 Å². The molecule has 112 valence electrons. The third-order valence-electron chi connectivity index (χ3n) is 2.60. The molecule has 0 radical (unpaired) electrons. The summed E-state index contributed by atoms with van der Waals surface area (Å²) in [5, 5.41) is 2.86. The number of anilines is 1. The second kappa shape index (κ2) is 7.21. The molecule has 2 aromatic rings. The molecular weight excluding hydrogens is 336 g/mol. The Morgan fingerprint density at radius 1 is 1.19 bits per heavy atom. The molecule has 7 heteroatoms. The topological polar surface area (TPSA) is 69.2 Å². The first-order valence-corrected chi connectivity index (χ1v) is 7.42. The van der Waals surface area contributed by atoms with Gasteiger partial charge in [-0.3, -0.25) is 0 Å². The lowest BCUT2D eigenvalue weighted by Crippen LogP contribution is -2.06. The second-order valence-corrected chi connectivity index (χ2v) is 5.25. The van der Waals surface area contributed by atoms with Gasteiger partial charge in [0.15, 0.2) is 0 Å². The Labute approximate surface area is 132 Å². The van der Waals surface area contributed by atoms with Crippen molar-refractivity contribution in [2.24, 2.45) is 0 Å². The fourth-order valence-electron chi connectivity index (χ4n) is 1.54. The minimum absolute atomic E-state index is 0.196. The van der Waals surface area contributed by atoms with E-state index in [9.17, 15) is 0 Å². The van der Waals surface area contributed by atoms with Crippen molar-refractivity contribution in [2.45, 2.75) is 20.3 Å². The summed E-state index contributed by atoms with van der Waals surface area (Å²) < 4.78 is 12.1. The normalized spacial score (nSPS) is 10.3. The Balaban J connectivity index is 2.27. The molecular formula is C14H17BrN4O2. The van der Waals surface area contributed by atoms with Crippen molar-refractivity contribution >= 4 is 21.9 Å². The number of aryl methyl sites for hydroxylation is 1. The number of ether oxygens (including phenoxy) is 2. The summed E-state index contributed by atoms with van der Waals surface area (Å²) in [4.78, 5) is 12.5. The highest BCUT2D eigenvalue weighted by molar-refractivity contribution is 9.10. The van der Waals surface area contributed by atoms with Gasteiger partial charge in [0.2, 0.25) is 5.95 Å². The van der Waals surface area contributed by atoms with Gasteiger partial charge < -0.3 is 14.8 Å². The number of benzene rings is 1. The van der Waals surface area contributed by atoms with Gasteiger partial charge >= 0.3 is 12.0 Å². The molecule has 0 spiro atoms. The van der Waals surface area contributed by atoms with E-state index in [2.05, 4.69) is 36.2 Å². The molecule has 0 aliphatic rings. The number of nitrogens with one attached hydrogen (secondary N) is 1. The third-order valence-corrected chi connectivity index (χ3v) is 3.10. The number of halogens is 1. The maximum atomic E-state index is 5.74. The van der Waals surface area contributed by atoms with Crippen LogP contribution in [0.2, 0.25) is 0 Å².